The molecule has 0 aromatic heterocycles. The first kappa shape index (κ1) is 22.9. The molecule has 0 aliphatic rings. The predicted molar refractivity (Wildman–Crippen MR) is 132 cm³/mol. The van der Waals surface area contributed by atoms with Crippen LogP contribution < -0.4 is 0 Å². The Kier molecular flexibility index (Phi) is 7.05. The normalized spacial score (nSPS) is 12.1. The number of benzene rings is 4. The van der Waals surface area contributed by atoms with E-state index in [1.807, 2.05) is 121 Å². The summed E-state index contributed by atoms with van der Waals surface area (Å²) < 4.78 is 0. The fourth-order valence-electron chi connectivity index (χ4n) is 4.70. The molecule has 3 heteroatoms. The smallest absolute Gasteiger partial charge is 0.115 e. The largest absolute Gasteiger partial charge is 0.396 e. The van der Waals surface area contributed by atoms with Crippen LogP contribution in [0.2, 0.25) is 0 Å². The Morgan fingerprint density at radius 2 is 0.697 bits per heavy atom. The summed E-state index contributed by atoms with van der Waals surface area (Å²) in [5.74, 6) is -0.374. The topological polar surface area (TPSA) is 60.7 Å². The van der Waals surface area contributed by atoms with Gasteiger partial charge in [0.05, 0.1) is 0 Å². The predicted octanol–water partition coefficient (Wildman–Crippen LogP) is 5.25. The van der Waals surface area contributed by atoms with Crippen molar-refractivity contribution in [3.8, 4) is 0 Å². The molecule has 0 aliphatic carbocycles. The lowest BCUT2D eigenvalue weighted by Crippen LogP contribution is -2.36. The lowest BCUT2D eigenvalue weighted by Gasteiger charge is -2.37. The minimum atomic E-state index is -1.30. The second kappa shape index (κ2) is 10.1. The van der Waals surface area contributed by atoms with Gasteiger partial charge < -0.3 is 15.3 Å². The van der Waals surface area contributed by atoms with Crippen LogP contribution in [0.25, 0.3) is 0 Å². The maximum atomic E-state index is 12.0. The van der Waals surface area contributed by atoms with Crippen LogP contribution in [0.15, 0.2) is 121 Å². The van der Waals surface area contributed by atoms with Crippen molar-refractivity contribution in [3.63, 3.8) is 0 Å². The minimum Gasteiger partial charge on any atom is -0.396 e. The van der Waals surface area contributed by atoms with Crippen molar-refractivity contribution >= 4 is 0 Å². The monoisotopic (exact) mass is 438 g/mol. The first-order valence-electron chi connectivity index (χ1n) is 11.3. The van der Waals surface area contributed by atoms with Gasteiger partial charge >= 0.3 is 0 Å². The van der Waals surface area contributed by atoms with Gasteiger partial charge in [0.25, 0.3) is 0 Å². The standard InChI is InChI=1S/C30H30O3/c31-23-24(21-29(32,25-13-5-1-6-14-25)26-15-7-2-8-16-26)22-30(33,27-17-9-3-10-18-27)28-19-11-4-12-20-28/h1-20,24,31-33H,21-23H2. The molecule has 33 heavy (non-hydrogen) atoms. The zero-order chi connectivity index (χ0) is 23.2. The molecule has 0 unspecified atom stereocenters. The fourth-order valence-corrected chi connectivity index (χ4v) is 4.70. The van der Waals surface area contributed by atoms with Crippen LogP contribution in [0.4, 0.5) is 0 Å². The maximum absolute atomic E-state index is 12.0. The summed E-state index contributed by atoms with van der Waals surface area (Å²) in [5, 5.41) is 34.4. The summed E-state index contributed by atoms with van der Waals surface area (Å²) in [7, 11) is 0. The van der Waals surface area contributed by atoms with E-state index in [2.05, 4.69) is 0 Å². The van der Waals surface area contributed by atoms with Crippen molar-refractivity contribution in [1.82, 2.24) is 0 Å². The van der Waals surface area contributed by atoms with Crippen LogP contribution in [0.3, 0.4) is 0 Å². The second-order valence-corrected chi connectivity index (χ2v) is 8.64. The molecule has 0 atom stereocenters. The highest BCUT2D eigenvalue weighted by atomic mass is 16.3. The van der Waals surface area contributed by atoms with E-state index in [4.69, 9.17) is 0 Å². The number of hydrogen-bond acceptors (Lipinski definition) is 3. The number of aliphatic hydroxyl groups is 3. The quantitative estimate of drug-likeness (QED) is 0.335. The van der Waals surface area contributed by atoms with Crippen molar-refractivity contribution in [3.05, 3.63) is 144 Å². The Labute approximate surface area is 195 Å². The molecule has 0 saturated heterocycles. The molecule has 0 saturated carbocycles. The number of aliphatic hydroxyl groups excluding tert-OH is 1. The van der Waals surface area contributed by atoms with Gasteiger partial charge in [-0.05, 0) is 41.0 Å². The lowest BCUT2D eigenvalue weighted by atomic mass is 9.73. The highest BCUT2D eigenvalue weighted by Crippen LogP contribution is 2.41. The van der Waals surface area contributed by atoms with Gasteiger partial charge in [-0.2, -0.15) is 0 Å². The molecule has 4 aromatic rings. The lowest BCUT2D eigenvalue weighted by molar-refractivity contribution is -0.00148. The van der Waals surface area contributed by atoms with Gasteiger partial charge in [-0.1, -0.05) is 121 Å². The van der Waals surface area contributed by atoms with E-state index in [-0.39, 0.29) is 25.4 Å². The van der Waals surface area contributed by atoms with E-state index >= 15 is 0 Å². The Hall–Kier alpha value is -3.24. The molecule has 3 nitrogen and oxygen atoms in total. The number of rotatable bonds is 9. The zero-order valence-corrected chi connectivity index (χ0v) is 18.6. The van der Waals surface area contributed by atoms with Crippen molar-refractivity contribution in [2.45, 2.75) is 24.0 Å². The average Bonchev–Trinajstić information content (AvgIpc) is 2.90. The van der Waals surface area contributed by atoms with Crippen molar-refractivity contribution in [1.29, 1.82) is 0 Å². The van der Waals surface area contributed by atoms with Crippen LogP contribution >= 0.6 is 0 Å². The van der Waals surface area contributed by atoms with Gasteiger partial charge in [0.2, 0.25) is 0 Å². The van der Waals surface area contributed by atoms with Crippen LogP contribution in [0.5, 0.6) is 0 Å². The molecule has 4 rings (SSSR count). The van der Waals surface area contributed by atoms with Crippen LogP contribution in [0, 0.1) is 5.92 Å². The van der Waals surface area contributed by atoms with Crippen molar-refractivity contribution in [2.75, 3.05) is 6.61 Å². The van der Waals surface area contributed by atoms with Crippen LogP contribution in [-0.2, 0) is 11.2 Å². The Bertz CT molecular complexity index is 942. The van der Waals surface area contributed by atoms with E-state index in [0.29, 0.717) is 0 Å². The third kappa shape index (κ3) is 4.91. The van der Waals surface area contributed by atoms with Gasteiger partial charge in [0, 0.05) is 6.61 Å². The molecular formula is C30H30O3. The van der Waals surface area contributed by atoms with Crippen molar-refractivity contribution in [2.24, 2.45) is 5.92 Å². The Morgan fingerprint density at radius 3 is 0.909 bits per heavy atom. The molecule has 0 bridgehead atoms. The summed E-state index contributed by atoms with van der Waals surface area (Å²) in [5.41, 5.74) is 0.444. The summed E-state index contributed by atoms with van der Waals surface area (Å²) in [6.45, 7) is -0.163. The van der Waals surface area contributed by atoms with E-state index < -0.39 is 11.2 Å². The molecule has 0 heterocycles. The average molecular weight is 439 g/mol. The minimum absolute atomic E-state index is 0.163. The molecule has 0 aliphatic heterocycles. The van der Waals surface area contributed by atoms with Crippen molar-refractivity contribution < 1.29 is 15.3 Å². The SMILES string of the molecule is OCC(CC(O)(c1ccccc1)c1ccccc1)CC(O)(c1ccccc1)c1ccccc1. The summed E-state index contributed by atoms with van der Waals surface area (Å²) >= 11 is 0. The van der Waals surface area contributed by atoms with Crippen LogP contribution in [0.1, 0.15) is 35.1 Å². The molecular weight excluding hydrogens is 408 g/mol. The Balaban J connectivity index is 1.73. The van der Waals surface area contributed by atoms with Gasteiger partial charge in [-0.3, -0.25) is 0 Å². The first-order chi connectivity index (χ1) is 16.1. The van der Waals surface area contributed by atoms with E-state index in [0.717, 1.165) is 22.3 Å². The molecule has 0 fully saturated rings. The maximum Gasteiger partial charge on any atom is 0.115 e. The molecule has 4 aromatic carbocycles. The highest BCUT2D eigenvalue weighted by Gasteiger charge is 2.39. The van der Waals surface area contributed by atoms with Gasteiger partial charge in [0.1, 0.15) is 11.2 Å². The third-order valence-electron chi connectivity index (χ3n) is 6.43. The molecule has 3 N–H and O–H groups in total. The van der Waals surface area contributed by atoms with Gasteiger partial charge in [-0.15, -0.1) is 0 Å². The Morgan fingerprint density at radius 1 is 0.455 bits per heavy atom. The van der Waals surface area contributed by atoms with Crippen LogP contribution in [-0.4, -0.2) is 21.9 Å². The molecule has 0 radical (unpaired) electrons. The summed E-state index contributed by atoms with van der Waals surface area (Å²) in [4.78, 5) is 0. The second-order valence-electron chi connectivity index (χ2n) is 8.64. The molecule has 168 valence electrons. The molecule has 0 spiro atoms. The van der Waals surface area contributed by atoms with E-state index in [1.54, 1.807) is 0 Å². The third-order valence-corrected chi connectivity index (χ3v) is 6.43. The van der Waals surface area contributed by atoms with E-state index in [1.165, 1.54) is 0 Å². The van der Waals surface area contributed by atoms with Gasteiger partial charge in [-0.25, -0.2) is 0 Å². The van der Waals surface area contributed by atoms with E-state index in [9.17, 15) is 15.3 Å². The summed E-state index contributed by atoms with van der Waals surface area (Å²) in [6.07, 6.45) is 0.527. The fraction of sp³-hybridized carbons (Fsp3) is 0.200. The highest BCUT2D eigenvalue weighted by molar-refractivity contribution is 5.38. The van der Waals surface area contributed by atoms with Gasteiger partial charge in [0.15, 0.2) is 0 Å². The molecule has 0 amide bonds. The zero-order valence-electron chi connectivity index (χ0n) is 18.6. The summed E-state index contributed by atoms with van der Waals surface area (Å²) in [6, 6.07) is 38.1. The first-order valence-corrected chi connectivity index (χ1v) is 11.3. The number of hydrogen-bond donors (Lipinski definition) is 3.